The highest BCUT2D eigenvalue weighted by Crippen LogP contribution is 2.41. The molecule has 3 nitrogen and oxygen atoms in total. The first-order valence-corrected chi connectivity index (χ1v) is 10.9. The zero-order valence-electron chi connectivity index (χ0n) is 17.4. The van der Waals surface area contributed by atoms with Gasteiger partial charge in [0.15, 0.2) is 0 Å². The highest BCUT2D eigenvalue weighted by Gasteiger charge is 2.32. The van der Waals surface area contributed by atoms with Crippen LogP contribution in [0.4, 0.5) is 11.4 Å². The van der Waals surface area contributed by atoms with Gasteiger partial charge in [-0.15, -0.1) is 0 Å². The van der Waals surface area contributed by atoms with E-state index >= 15 is 0 Å². The lowest BCUT2D eigenvalue weighted by atomic mass is 9.95. The van der Waals surface area contributed by atoms with Gasteiger partial charge in [-0.3, -0.25) is 14.7 Å². The Bertz CT molecular complexity index is 1270. The molecule has 0 saturated heterocycles. The van der Waals surface area contributed by atoms with E-state index in [0.29, 0.717) is 17.0 Å². The third-order valence-corrected chi connectivity index (χ3v) is 5.95. The molecule has 0 bridgehead atoms. The summed E-state index contributed by atoms with van der Waals surface area (Å²) in [6.45, 7) is 0. The van der Waals surface area contributed by atoms with Gasteiger partial charge in [-0.05, 0) is 47.5 Å². The van der Waals surface area contributed by atoms with Gasteiger partial charge in [-0.1, -0.05) is 84.4 Å². The van der Waals surface area contributed by atoms with Crippen LogP contribution in [0.1, 0.15) is 33.9 Å². The molecule has 1 aliphatic heterocycles. The first kappa shape index (κ1) is 20.2. The summed E-state index contributed by atoms with van der Waals surface area (Å²) >= 11 is 6.13. The summed E-state index contributed by atoms with van der Waals surface area (Å²) in [7, 11) is 0. The zero-order valence-corrected chi connectivity index (χ0v) is 18.1. The van der Waals surface area contributed by atoms with Gasteiger partial charge in [0, 0.05) is 17.0 Å². The third kappa shape index (κ3) is 3.95. The molecule has 0 saturated carbocycles. The monoisotopic (exact) mass is 436 g/mol. The average molecular weight is 437 g/mol. The van der Waals surface area contributed by atoms with Gasteiger partial charge in [0.25, 0.3) is 5.91 Å². The standard InChI is InChI=1S/C28H21ClN2O/c29-23-17-15-20(16-18-23)25-19-27(21-9-3-1-4-10-21)31(26-14-8-7-13-24(26)30-25)28(32)22-11-5-2-6-12-22/h1-18,27H,19H2/t27-/m0/s1. The molecule has 0 N–H and O–H groups in total. The maximum Gasteiger partial charge on any atom is 0.258 e. The lowest BCUT2D eigenvalue weighted by molar-refractivity contribution is 0.0977. The number of amides is 1. The number of anilines is 1. The van der Waals surface area contributed by atoms with Crippen molar-refractivity contribution in [2.45, 2.75) is 12.5 Å². The smallest absolute Gasteiger partial charge is 0.258 e. The number of hydrogen-bond acceptors (Lipinski definition) is 2. The van der Waals surface area contributed by atoms with Crippen molar-refractivity contribution in [3.05, 3.63) is 131 Å². The first-order valence-electron chi connectivity index (χ1n) is 10.6. The lowest BCUT2D eigenvalue weighted by Crippen LogP contribution is -2.35. The van der Waals surface area contributed by atoms with E-state index in [4.69, 9.17) is 16.6 Å². The molecule has 4 aromatic rings. The molecule has 0 aromatic heterocycles. The maximum atomic E-state index is 13.8. The molecule has 1 heterocycles. The van der Waals surface area contributed by atoms with Crippen LogP contribution in [0.2, 0.25) is 5.02 Å². The second kappa shape index (κ2) is 8.81. The molecule has 0 unspecified atom stereocenters. The van der Waals surface area contributed by atoms with Gasteiger partial charge >= 0.3 is 0 Å². The van der Waals surface area contributed by atoms with Crippen LogP contribution >= 0.6 is 11.6 Å². The van der Waals surface area contributed by atoms with E-state index in [1.165, 1.54) is 0 Å². The van der Waals surface area contributed by atoms with Crippen molar-refractivity contribution in [1.82, 2.24) is 0 Å². The summed E-state index contributed by atoms with van der Waals surface area (Å²) in [6, 6.07) is 34.9. The van der Waals surface area contributed by atoms with E-state index in [9.17, 15) is 4.79 Å². The molecule has 1 atom stereocenters. The second-order valence-electron chi connectivity index (χ2n) is 7.73. The molecule has 1 aliphatic rings. The fraction of sp³-hybridized carbons (Fsp3) is 0.0714. The van der Waals surface area contributed by atoms with Crippen LogP contribution < -0.4 is 4.90 Å². The fourth-order valence-electron chi connectivity index (χ4n) is 4.13. The Labute approximate surface area is 192 Å². The predicted molar refractivity (Wildman–Crippen MR) is 131 cm³/mol. The van der Waals surface area contributed by atoms with Crippen molar-refractivity contribution in [1.29, 1.82) is 0 Å². The molecule has 0 spiro atoms. The molecule has 0 fully saturated rings. The van der Waals surface area contributed by atoms with Gasteiger partial charge in [0.1, 0.15) is 0 Å². The highest BCUT2D eigenvalue weighted by molar-refractivity contribution is 6.30. The maximum absolute atomic E-state index is 13.8. The van der Waals surface area contributed by atoms with E-state index < -0.39 is 0 Å². The summed E-state index contributed by atoms with van der Waals surface area (Å²) in [5.74, 6) is -0.0422. The average Bonchev–Trinajstić information content (AvgIpc) is 3.02. The molecular formula is C28H21ClN2O. The first-order chi connectivity index (χ1) is 15.7. The number of rotatable bonds is 3. The second-order valence-corrected chi connectivity index (χ2v) is 8.16. The van der Waals surface area contributed by atoms with Crippen molar-refractivity contribution >= 4 is 34.6 Å². The summed E-state index contributed by atoms with van der Waals surface area (Å²) in [4.78, 5) is 20.8. The number of hydrogen-bond donors (Lipinski definition) is 0. The molecule has 0 radical (unpaired) electrons. The fourth-order valence-corrected chi connectivity index (χ4v) is 4.26. The van der Waals surface area contributed by atoms with E-state index in [1.807, 2.05) is 102 Å². The molecule has 32 heavy (non-hydrogen) atoms. The van der Waals surface area contributed by atoms with Gasteiger partial charge in [0.2, 0.25) is 0 Å². The Morgan fingerprint density at radius 3 is 2.12 bits per heavy atom. The van der Waals surface area contributed by atoms with Crippen LogP contribution in [0.15, 0.2) is 114 Å². The molecule has 0 aliphatic carbocycles. The van der Waals surface area contributed by atoms with Crippen molar-refractivity contribution in [2.75, 3.05) is 4.90 Å². The van der Waals surface area contributed by atoms with Gasteiger partial charge < -0.3 is 0 Å². The summed E-state index contributed by atoms with van der Waals surface area (Å²) in [5.41, 5.74) is 5.22. The molecule has 4 heteroatoms. The largest absolute Gasteiger partial charge is 0.298 e. The number of benzene rings is 4. The normalized spacial score (nSPS) is 15.5. The van der Waals surface area contributed by atoms with Gasteiger partial charge in [-0.2, -0.15) is 0 Å². The molecule has 5 rings (SSSR count). The Morgan fingerprint density at radius 2 is 1.41 bits per heavy atom. The van der Waals surface area contributed by atoms with E-state index in [0.717, 1.165) is 28.2 Å². The van der Waals surface area contributed by atoms with Gasteiger partial charge in [0.05, 0.1) is 23.1 Å². The highest BCUT2D eigenvalue weighted by atomic mass is 35.5. The third-order valence-electron chi connectivity index (χ3n) is 5.70. The number of aliphatic imine (C=N–C) groups is 1. The number of halogens is 1. The summed E-state index contributed by atoms with van der Waals surface area (Å²) in [5, 5.41) is 0.684. The van der Waals surface area contributed by atoms with Crippen molar-refractivity contribution in [3.63, 3.8) is 0 Å². The van der Waals surface area contributed by atoms with Crippen LogP contribution in [0, 0.1) is 0 Å². The van der Waals surface area contributed by atoms with Crippen molar-refractivity contribution in [3.8, 4) is 0 Å². The quantitative estimate of drug-likeness (QED) is 0.333. The van der Waals surface area contributed by atoms with Gasteiger partial charge in [-0.25, -0.2) is 0 Å². The SMILES string of the molecule is O=C(c1ccccc1)N1c2ccccc2N=C(c2ccc(Cl)cc2)C[C@H]1c1ccccc1. The van der Waals surface area contributed by atoms with Crippen molar-refractivity contribution < 1.29 is 4.79 Å². The number of para-hydroxylation sites is 2. The zero-order chi connectivity index (χ0) is 21.9. The Hall–Kier alpha value is -3.69. The lowest BCUT2D eigenvalue weighted by Gasteiger charge is -2.32. The summed E-state index contributed by atoms with van der Waals surface area (Å²) in [6.07, 6.45) is 0.582. The predicted octanol–water partition coefficient (Wildman–Crippen LogP) is 7.25. The van der Waals surface area contributed by atoms with Crippen LogP contribution in [0.3, 0.4) is 0 Å². The van der Waals surface area contributed by atoms with Crippen LogP contribution in [-0.4, -0.2) is 11.6 Å². The number of carbonyl (C=O) groups is 1. The number of carbonyl (C=O) groups excluding carboxylic acids is 1. The Kier molecular flexibility index (Phi) is 5.57. The Morgan fingerprint density at radius 1 is 0.781 bits per heavy atom. The van der Waals surface area contributed by atoms with Crippen LogP contribution in [0.5, 0.6) is 0 Å². The molecule has 156 valence electrons. The van der Waals surface area contributed by atoms with E-state index in [2.05, 4.69) is 12.1 Å². The molecule has 1 amide bonds. The minimum Gasteiger partial charge on any atom is -0.298 e. The van der Waals surface area contributed by atoms with Crippen molar-refractivity contribution in [2.24, 2.45) is 4.99 Å². The number of nitrogens with zero attached hydrogens (tertiary/aromatic N) is 2. The topological polar surface area (TPSA) is 32.7 Å². The minimum absolute atomic E-state index is 0.0422. The molecular weight excluding hydrogens is 416 g/mol. The Balaban J connectivity index is 1.69. The molecule has 4 aromatic carbocycles. The summed E-state index contributed by atoms with van der Waals surface area (Å²) < 4.78 is 0. The van der Waals surface area contributed by atoms with E-state index in [1.54, 1.807) is 0 Å². The number of fused-ring (bicyclic) bond motifs is 1. The van der Waals surface area contributed by atoms with E-state index in [-0.39, 0.29) is 11.9 Å². The minimum atomic E-state index is -0.206. The van der Waals surface area contributed by atoms with Crippen LogP contribution in [-0.2, 0) is 0 Å². The van der Waals surface area contributed by atoms with Crippen LogP contribution in [0.25, 0.3) is 0 Å².